The van der Waals surface area contributed by atoms with Crippen molar-refractivity contribution in [3.05, 3.63) is 10.6 Å². The molecule has 2 heterocycles. The number of fused-ring (bicyclic) bond motifs is 1. The highest BCUT2D eigenvalue weighted by Crippen LogP contribution is 2.33. The first-order chi connectivity index (χ1) is 10.6. The van der Waals surface area contributed by atoms with E-state index >= 15 is 0 Å². The predicted molar refractivity (Wildman–Crippen MR) is 86.7 cm³/mol. The number of thiazole rings is 1. The summed E-state index contributed by atoms with van der Waals surface area (Å²) in [6, 6.07) is 0. The van der Waals surface area contributed by atoms with Crippen molar-refractivity contribution in [1.82, 2.24) is 9.88 Å². The summed E-state index contributed by atoms with van der Waals surface area (Å²) < 4.78 is 0. The third-order valence-corrected chi connectivity index (χ3v) is 5.55. The van der Waals surface area contributed by atoms with Crippen molar-refractivity contribution >= 4 is 28.3 Å². The number of rotatable bonds is 5. The van der Waals surface area contributed by atoms with E-state index in [1.807, 2.05) is 4.90 Å². The Bertz CT molecular complexity index is 576. The van der Waals surface area contributed by atoms with Crippen LogP contribution in [-0.2, 0) is 22.6 Å². The number of aromatic nitrogens is 1. The lowest BCUT2D eigenvalue weighted by atomic mass is 10.0. The predicted octanol–water partition coefficient (Wildman–Crippen LogP) is 2.81. The van der Waals surface area contributed by atoms with E-state index in [0.29, 0.717) is 11.7 Å². The average Bonchev–Trinajstić information content (AvgIpc) is 3.28. The molecule has 2 aliphatic rings. The van der Waals surface area contributed by atoms with Gasteiger partial charge in [-0.05, 0) is 25.7 Å². The molecule has 0 radical (unpaired) electrons. The maximum Gasteiger partial charge on any atom is 0.229 e. The van der Waals surface area contributed by atoms with E-state index in [1.165, 1.54) is 11.3 Å². The van der Waals surface area contributed by atoms with Gasteiger partial charge < -0.3 is 10.2 Å². The monoisotopic (exact) mass is 321 g/mol. The third kappa shape index (κ3) is 3.16. The molecular formula is C16H23N3O2S. The molecule has 5 nitrogen and oxygen atoms in total. The molecule has 0 saturated heterocycles. The Hall–Kier alpha value is -1.43. The lowest BCUT2D eigenvalue weighted by Crippen LogP contribution is -2.39. The van der Waals surface area contributed by atoms with Crippen molar-refractivity contribution < 1.29 is 9.59 Å². The number of carbonyl (C=O) groups is 2. The molecule has 1 N–H and O–H groups in total. The Kier molecular flexibility index (Phi) is 4.47. The molecule has 1 aliphatic carbocycles. The van der Waals surface area contributed by atoms with E-state index in [4.69, 9.17) is 0 Å². The second-order valence-corrected chi connectivity index (χ2v) is 7.26. The standard InChI is InChI=1S/C16H23N3O2S/c1-3-10(4-2)15(21)19-8-7-12-13(9-19)22-16(17-12)18-14(20)11-5-6-11/h10-11H,3-9H2,1-2H3,(H,17,18,20). The zero-order valence-corrected chi connectivity index (χ0v) is 14.0. The molecule has 1 aliphatic heterocycles. The fraction of sp³-hybridized carbons (Fsp3) is 0.688. The minimum absolute atomic E-state index is 0.0936. The van der Waals surface area contributed by atoms with Gasteiger partial charge in [0.05, 0.1) is 12.2 Å². The first-order valence-electron chi connectivity index (χ1n) is 8.20. The van der Waals surface area contributed by atoms with Crippen molar-refractivity contribution in [3.8, 4) is 0 Å². The number of amides is 2. The molecule has 0 bridgehead atoms. The topological polar surface area (TPSA) is 62.3 Å². The molecule has 1 aromatic rings. The second-order valence-electron chi connectivity index (χ2n) is 6.18. The van der Waals surface area contributed by atoms with Crippen molar-refractivity contribution in [3.63, 3.8) is 0 Å². The summed E-state index contributed by atoms with van der Waals surface area (Å²) in [6.07, 6.45) is 4.56. The quantitative estimate of drug-likeness (QED) is 0.907. The number of carbonyl (C=O) groups excluding carboxylic acids is 2. The van der Waals surface area contributed by atoms with Crippen LogP contribution in [0, 0.1) is 11.8 Å². The lowest BCUT2D eigenvalue weighted by Gasteiger charge is -2.29. The van der Waals surface area contributed by atoms with Crippen LogP contribution < -0.4 is 5.32 Å². The Balaban J connectivity index is 1.66. The first kappa shape index (κ1) is 15.5. The number of hydrogen-bond donors (Lipinski definition) is 1. The van der Waals surface area contributed by atoms with E-state index in [-0.39, 0.29) is 23.7 Å². The minimum atomic E-state index is 0.0936. The molecule has 2 amide bonds. The molecule has 6 heteroatoms. The number of nitrogens with one attached hydrogen (secondary N) is 1. The van der Waals surface area contributed by atoms with E-state index < -0.39 is 0 Å². The summed E-state index contributed by atoms with van der Waals surface area (Å²) >= 11 is 1.52. The number of nitrogens with zero attached hydrogens (tertiary/aromatic N) is 2. The summed E-state index contributed by atoms with van der Waals surface area (Å²) in [4.78, 5) is 31.9. The van der Waals surface area contributed by atoms with Crippen LogP contribution in [0.25, 0.3) is 0 Å². The average molecular weight is 321 g/mol. The van der Waals surface area contributed by atoms with Gasteiger partial charge in [-0.15, -0.1) is 0 Å². The van der Waals surface area contributed by atoms with Gasteiger partial charge >= 0.3 is 0 Å². The molecule has 3 rings (SSSR count). The van der Waals surface area contributed by atoms with Gasteiger partial charge in [0.15, 0.2) is 5.13 Å². The maximum atomic E-state index is 12.5. The molecule has 1 aromatic heterocycles. The Labute approximate surface area is 135 Å². The van der Waals surface area contributed by atoms with Gasteiger partial charge in [-0.3, -0.25) is 9.59 Å². The molecule has 0 atom stereocenters. The van der Waals surface area contributed by atoms with Crippen LogP contribution in [0.5, 0.6) is 0 Å². The third-order valence-electron chi connectivity index (χ3n) is 4.56. The highest BCUT2D eigenvalue weighted by atomic mass is 32.1. The summed E-state index contributed by atoms with van der Waals surface area (Å²) in [7, 11) is 0. The van der Waals surface area contributed by atoms with Crippen LogP contribution in [0.3, 0.4) is 0 Å². The van der Waals surface area contributed by atoms with Gasteiger partial charge in [0, 0.05) is 29.7 Å². The molecule has 120 valence electrons. The molecule has 1 fully saturated rings. The fourth-order valence-electron chi connectivity index (χ4n) is 2.89. The molecular weight excluding hydrogens is 298 g/mol. The van der Waals surface area contributed by atoms with Crippen molar-refractivity contribution in [2.45, 2.75) is 52.5 Å². The minimum Gasteiger partial charge on any atom is -0.337 e. The molecule has 0 unspecified atom stereocenters. The van der Waals surface area contributed by atoms with Gasteiger partial charge in [0.1, 0.15) is 0 Å². The summed E-state index contributed by atoms with van der Waals surface area (Å²) in [5, 5.41) is 3.61. The zero-order valence-electron chi connectivity index (χ0n) is 13.2. The van der Waals surface area contributed by atoms with Crippen molar-refractivity contribution in [1.29, 1.82) is 0 Å². The highest BCUT2D eigenvalue weighted by molar-refractivity contribution is 7.15. The highest BCUT2D eigenvalue weighted by Gasteiger charge is 2.31. The Morgan fingerprint density at radius 1 is 1.36 bits per heavy atom. The van der Waals surface area contributed by atoms with Crippen LogP contribution >= 0.6 is 11.3 Å². The van der Waals surface area contributed by atoms with Crippen LogP contribution in [0.15, 0.2) is 0 Å². The lowest BCUT2D eigenvalue weighted by molar-refractivity contribution is -0.136. The van der Waals surface area contributed by atoms with E-state index in [9.17, 15) is 9.59 Å². The largest absolute Gasteiger partial charge is 0.337 e. The van der Waals surface area contributed by atoms with E-state index in [2.05, 4.69) is 24.1 Å². The maximum absolute atomic E-state index is 12.5. The fourth-order valence-corrected chi connectivity index (χ4v) is 3.91. The Morgan fingerprint density at radius 2 is 2.09 bits per heavy atom. The zero-order chi connectivity index (χ0) is 15.7. The number of anilines is 1. The van der Waals surface area contributed by atoms with Crippen LogP contribution in [-0.4, -0.2) is 28.2 Å². The Morgan fingerprint density at radius 3 is 2.73 bits per heavy atom. The summed E-state index contributed by atoms with van der Waals surface area (Å²) in [5.74, 6) is 0.668. The van der Waals surface area contributed by atoms with Gasteiger partial charge in [0.25, 0.3) is 0 Å². The van der Waals surface area contributed by atoms with Gasteiger partial charge in [-0.2, -0.15) is 0 Å². The van der Waals surface area contributed by atoms with Gasteiger partial charge in [0.2, 0.25) is 11.8 Å². The second kappa shape index (κ2) is 6.36. The van der Waals surface area contributed by atoms with Crippen LogP contribution in [0.2, 0.25) is 0 Å². The van der Waals surface area contributed by atoms with Crippen LogP contribution in [0.4, 0.5) is 5.13 Å². The first-order valence-corrected chi connectivity index (χ1v) is 9.02. The van der Waals surface area contributed by atoms with Crippen LogP contribution in [0.1, 0.15) is 50.1 Å². The van der Waals surface area contributed by atoms with E-state index in [0.717, 1.165) is 49.2 Å². The summed E-state index contributed by atoms with van der Waals surface area (Å²) in [6.45, 7) is 5.52. The van der Waals surface area contributed by atoms with Crippen molar-refractivity contribution in [2.24, 2.45) is 11.8 Å². The van der Waals surface area contributed by atoms with Gasteiger partial charge in [-0.1, -0.05) is 25.2 Å². The van der Waals surface area contributed by atoms with Crippen molar-refractivity contribution in [2.75, 3.05) is 11.9 Å². The molecule has 22 heavy (non-hydrogen) atoms. The van der Waals surface area contributed by atoms with Gasteiger partial charge in [-0.25, -0.2) is 4.98 Å². The van der Waals surface area contributed by atoms with E-state index in [1.54, 1.807) is 0 Å². The summed E-state index contributed by atoms with van der Waals surface area (Å²) in [5.41, 5.74) is 1.05. The molecule has 0 aromatic carbocycles. The normalized spacial score (nSPS) is 17.5. The molecule has 0 spiro atoms. The smallest absolute Gasteiger partial charge is 0.229 e. The molecule has 1 saturated carbocycles. The SMILES string of the molecule is CCC(CC)C(=O)N1CCc2nc(NC(=O)C3CC3)sc2C1. The number of hydrogen-bond acceptors (Lipinski definition) is 4.